The van der Waals surface area contributed by atoms with Crippen LogP contribution in [0.15, 0.2) is 51.7 Å². The molecule has 4 rings (SSSR count). The normalized spacial score (nSPS) is 14.2. The van der Waals surface area contributed by atoms with Gasteiger partial charge < -0.3 is 24.1 Å². The SMILES string of the molecule is Cc1cc(NC(=O)c2ccc(N3CCN(C(=O)c4ccco4)CC3)cn2)no1. The quantitative estimate of drug-likeness (QED) is 0.738. The molecule has 4 heterocycles. The maximum Gasteiger partial charge on any atom is 0.289 e. The van der Waals surface area contributed by atoms with Gasteiger partial charge in [-0.15, -0.1) is 0 Å². The summed E-state index contributed by atoms with van der Waals surface area (Å²) in [4.78, 5) is 32.7. The Bertz CT molecular complexity index is 957. The molecule has 0 radical (unpaired) electrons. The molecule has 1 aliphatic heterocycles. The lowest BCUT2D eigenvalue weighted by Gasteiger charge is -2.35. The summed E-state index contributed by atoms with van der Waals surface area (Å²) in [5.41, 5.74) is 1.19. The standard InChI is InChI=1S/C19H19N5O4/c1-13-11-17(22-28-13)21-18(25)15-5-4-14(12-20-15)23-6-8-24(9-7-23)19(26)16-3-2-10-27-16/h2-5,10-12H,6-9H2,1H3,(H,21,22,25). The summed E-state index contributed by atoms with van der Waals surface area (Å²) in [6, 6.07) is 8.52. The van der Waals surface area contributed by atoms with E-state index in [1.807, 2.05) is 6.07 Å². The molecule has 0 aromatic carbocycles. The lowest BCUT2D eigenvalue weighted by molar-refractivity contribution is 0.0714. The van der Waals surface area contributed by atoms with Crippen LogP contribution in [0, 0.1) is 6.92 Å². The van der Waals surface area contributed by atoms with Gasteiger partial charge in [0, 0.05) is 32.2 Å². The topological polar surface area (TPSA) is 105 Å². The van der Waals surface area contributed by atoms with E-state index in [0.717, 1.165) is 5.69 Å². The number of carbonyl (C=O) groups is 2. The lowest BCUT2D eigenvalue weighted by Crippen LogP contribution is -2.48. The van der Waals surface area contributed by atoms with Gasteiger partial charge in [-0.1, -0.05) is 5.16 Å². The van der Waals surface area contributed by atoms with E-state index in [4.69, 9.17) is 8.94 Å². The summed E-state index contributed by atoms with van der Waals surface area (Å²) < 4.78 is 10.1. The van der Waals surface area contributed by atoms with Gasteiger partial charge in [-0.05, 0) is 31.2 Å². The van der Waals surface area contributed by atoms with Crippen LogP contribution in [0.4, 0.5) is 11.5 Å². The number of rotatable bonds is 4. The minimum atomic E-state index is -0.353. The van der Waals surface area contributed by atoms with Crippen molar-refractivity contribution in [3.05, 3.63) is 60.0 Å². The maximum absolute atomic E-state index is 12.3. The van der Waals surface area contributed by atoms with Gasteiger partial charge in [-0.25, -0.2) is 4.98 Å². The second-order valence-corrected chi connectivity index (χ2v) is 6.44. The van der Waals surface area contributed by atoms with Gasteiger partial charge in [0.2, 0.25) is 0 Å². The first-order valence-electron chi connectivity index (χ1n) is 8.88. The van der Waals surface area contributed by atoms with E-state index >= 15 is 0 Å². The molecule has 144 valence electrons. The molecular weight excluding hydrogens is 362 g/mol. The number of hydrogen-bond donors (Lipinski definition) is 1. The van der Waals surface area contributed by atoms with Crippen molar-refractivity contribution in [3.63, 3.8) is 0 Å². The molecule has 0 unspecified atom stereocenters. The molecule has 3 aromatic heterocycles. The summed E-state index contributed by atoms with van der Waals surface area (Å²) in [6.07, 6.45) is 3.16. The summed E-state index contributed by atoms with van der Waals surface area (Å²) in [7, 11) is 0. The fourth-order valence-electron chi connectivity index (χ4n) is 3.04. The molecule has 9 nitrogen and oxygen atoms in total. The Morgan fingerprint density at radius 3 is 2.57 bits per heavy atom. The van der Waals surface area contributed by atoms with Crippen LogP contribution in [0.25, 0.3) is 0 Å². The predicted octanol–water partition coefficient (Wildman–Crippen LogP) is 2.19. The number of aryl methyl sites for hydroxylation is 1. The van der Waals surface area contributed by atoms with Crippen LogP contribution in [0.2, 0.25) is 0 Å². The predicted molar refractivity (Wildman–Crippen MR) is 100 cm³/mol. The molecule has 1 N–H and O–H groups in total. The first-order valence-corrected chi connectivity index (χ1v) is 8.88. The number of amides is 2. The molecule has 0 saturated carbocycles. The molecular formula is C19H19N5O4. The number of nitrogens with zero attached hydrogens (tertiary/aromatic N) is 4. The number of furan rings is 1. The molecule has 1 fully saturated rings. The number of carbonyl (C=O) groups excluding carboxylic acids is 2. The van der Waals surface area contributed by atoms with Gasteiger partial charge in [0.25, 0.3) is 11.8 Å². The van der Waals surface area contributed by atoms with Crippen LogP contribution in [0.5, 0.6) is 0 Å². The Morgan fingerprint density at radius 2 is 1.96 bits per heavy atom. The molecule has 1 saturated heterocycles. The van der Waals surface area contributed by atoms with Gasteiger partial charge in [-0.2, -0.15) is 0 Å². The zero-order chi connectivity index (χ0) is 19.5. The Morgan fingerprint density at radius 1 is 1.14 bits per heavy atom. The Balaban J connectivity index is 1.34. The van der Waals surface area contributed by atoms with Crippen LogP contribution < -0.4 is 10.2 Å². The second kappa shape index (κ2) is 7.55. The summed E-state index contributed by atoms with van der Waals surface area (Å²) in [5.74, 6) is 0.869. The summed E-state index contributed by atoms with van der Waals surface area (Å²) in [6.45, 7) is 4.29. The van der Waals surface area contributed by atoms with Gasteiger partial charge >= 0.3 is 0 Å². The minimum absolute atomic E-state index is 0.0992. The highest BCUT2D eigenvalue weighted by Gasteiger charge is 2.24. The fraction of sp³-hybridized carbons (Fsp3) is 0.263. The van der Waals surface area contributed by atoms with Crippen molar-refractivity contribution in [2.75, 3.05) is 36.4 Å². The van der Waals surface area contributed by atoms with Crippen LogP contribution in [-0.2, 0) is 0 Å². The number of aromatic nitrogens is 2. The third-order valence-corrected chi connectivity index (χ3v) is 4.51. The molecule has 0 spiro atoms. The summed E-state index contributed by atoms with van der Waals surface area (Å²) >= 11 is 0. The molecule has 2 amide bonds. The molecule has 0 bridgehead atoms. The van der Waals surface area contributed by atoms with Gasteiger partial charge in [-0.3, -0.25) is 9.59 Å². The zero-order valence-corrected chi connectivity index (χ0v) is 15.3. The highest BCUT2D eigenvalue weighted by molar-refractivity contribution is 6.02. The van der Waals surface area contributed by atoms with Crippen LogP contribution >= 0.6 is 0 Å². The van der Waals surface area contributed by atoms with E-state index in [1.165, 1.54) is 6.26 Å². The molecule has 0 atom stereocenters. The van der Waals surface area contributed by atoms with Gasteiger partial charge in [0.05, 0.1) is 18.1 Å². The first-order chi connectivity index (χ1) is 13.6. The number of pyridine rings is 1. The van der Waals surface area contributed by atoms with Crippen molar-refractivity contribution in [2.45, 2.75) is 6.92 Å². The zero-order valence-electron chi connectivity index (χ0n) is 15.3. The van der Waals surface area contributed by atoms with E-state index in [1.54, 1.807) is 42.3 Å². The number of nitrogens with one attached hydrogen (secondary N) is 1. The van der Waals surface area contributed by atoms with Crippen molar-refractivity contribution in [1.29, 1.82) is 0 Å². The highest BCUT2D eigenvalue weighted by atomic mass is 16.5. The van der Waals surface area contributed by atoms with E-state index in [2.05, 4.69) is 20.4 Å². The van der Waals surface area contributed by atoms with Crippen molar-refractivity contribution in [2.24, 2.45) is 0 Å². The summed E-state index contributed by atoms with van der Waals surface area (Å²) in [5, 5.41) is 6.37. The van der Waals surface area contributed by atoms with E-state index < -0.39 is 0 Å². The van der Waals surface area contributed by atoms with Crippen molar-refractivity contribution in [3.8, 4) is 0 Å². The number of anilines is 2. The number of piperazine rings is 1. The van der Waals surface area contributed by atoms with Crippen molar-refractivity contribution in [1.82, 2.24) is 15.0 Å². The average molecular weight is 381 g/mol. The van der Waals surface area contributed by atoms with Gasteiger partial charge in [0.15, 0.2) is 11.6 Å². The van der Waals surface area contributed by atoms with E-state index in [0.29, 0.717) is 43.5 Å². The van der Waals surface area contributed by atoms with Gasteiger partial charge in [0.1, 0.15) is 11.5 Å². The van der Waals surface area contributed by atoms with Crippen LogP contribution in [0.3, 0.4) is 0 Å². The Hall–Kier alpha value is -3.62. The van der Waals surface area contributed by atoms with Crippen LogP contribution in [-0.4, -0.2) is 53.0 Å². The minimum Gasteiger partial charge on any atom is -0.459 e. The Labute approximate surface area is 160 Å². The average Bonchev–Trinajstić information content (AvgIpc) is 3.40. The van der Waals surface area contributed by atoms with E-state index in [9.17, 15) is 9.59 Å². The fourth-order valence-corrected chi connectivity index (χ4v) is 3.04. The number of hydrogen-bond acceptors (Lipinski definition) is 7. The van der Waals surface area contributed by atoms with Crippen molar-refractivity contribution >= 4 is 23.3 Å². The van der Waals surface area contributed by atoms with Crippen LogP contribution in [0.1, 0.15) is 26.8 Å². The monoisotopic (exact) mass is 381 g/mol. The van der Waals surface area contributed by atoms with E-state index in [-0.39, 0.29) is 17.5 Å². The molecule has 28 heavy (non-hydrogen) atoms. The van der Waals surface area contributed by atoms with Crippen molar-refractivity contribution < 1.29 is 18.5 Å². The lowest BCUT2D eigenvalue weighted by atomic mass is 10.2. The molecule has 0 aliphatic carbocycles. The highest BCUT2D eigenvalue weighted by Crippen LogP contribution is 2.18. The Kier molecular flexibility index (Phi) is 4.79. The third-order valence-electron chi connectivity index (χ3n) is 4.51. The third kappa shape index (κ3) is 3.73. The molecule has 1 aliphatic rings. The first kappa shape index (κ1) is 17.8. The molecule has 9 heteroatoms. The second-order valence-electron chi connectivity index (χ2n) is 6.44. The largest absolute Gasteiger partial charge is 0.459 e. The smallest absolute Gasteiger partial charge is 0.289 e. The maximum atomic E-state index is 12.3. The molecule has 3 aromatic rings.